The van der Waals surface area contributed by atoms with Gasteiger partial charge in [-0.3, -0.25) is 0 Å². The quantitative estimate of drug-likeness (QED) is 0.878. The zero-order valence-electron chi connectivity index (χ0n) is 10.9. The lowest BCUT2D eigenvalue weighted by Gasteiger charge is -2.27. The van der Waals surface area contributed by atoms with Crippen LogP contribution in [0.1, 0.15) is 36.4 Å². The van der Waals surface area contributed by atoms with Crippen molar-refractivity contribution in [2.24, 2.45) is 0 Å². The number of hydrogen-bond donors (Lipinski definition) is 2. The molecule has 19 heavy (non-hydrogen) atoms. The zero-order chi connectivity index (χ0) is 13.3. The maximum absolute atomic E-state index is 12.4. The number of sulfonamides is 1. The number of aryl methyl sites for hydroxylation is 1. The van der Waals surface area contributed by atoms with Crippen LogP contribution in [-0.2, 0) is 16.4 Å². The van der Waals surface area contributed by atoms with E-state index < -0.39 is 10.0 Å². The largest absolute Gasteiger partial charge is 0.315 e. The Balaban J connectivity index is 1.81. The van der Waals surface area contributed by atoms with E-state index in [0.717, 1.165) is 31.4 Å². The average Bonchev–Trinajstić information content (AvgIpc) is 2.93. The molecule has 0 amide bonds. The first-order valence-electron chi connectivity index (χ1n) is 6.96. The molecule has 1 aliphatic carbocycles. The van der Waals surface area contributed by atoms with Gasteiger partial charge in [-0.15, -0.1) is 0 Å². The molecule has 1 heterocycles. The summed E-state index contributed by atoms with van der Waals surface area (Å²) in [4.78, 5) is 0. The van der Waals surface area contributed by atoms with E-state index in [9.17, 15) is 8.42 Å². The molecule has 4 nitrogen and oxygen atoms in total. The summed E-state index contributed by atoms with van der Waals surface area (Å²) in [6, 6.07) is 8.12. The van der Waals surface area contributed by atoms with Crippen LogP contribution in [0.5, 0.6) is 0 Å². The SMILES string of the molecule is O=S(=O)(NC1CCCc2ccccc21)C1CCNC1. The lowest BCUT2D eigenvalue weighted by atomic mass is 9.88. The number of hydrogen-bond acceptors (Lipinski definition) is 3. The zero-order valence-corrected chi connectivity index (χ0v) is 11.7. The van der Waals surface area contributed by atoms with Crippen LogP contribution in [0.3, 0.4) is 0 Å². The van der Waals surface area contributed by atoms with Crippen molar-refractivity contribution >= 4 is 10.0 Å². The Labute approximate surface area is 114 Å². The summed E-state index contributed by atoms with van der Waals surface area (Å²) >= 11 is 0. The molecule has 0 aromatic heterocycles. The van der Waals surface area contributed by atoms with E-state index in [1.807, 2.05) is 12.1 Å². The number of rotatable bonds is 3. The van der Waals surface area contributed by atoms with Crippen LogP contribution in [-0.4, -0.2) is 26.8 Å². The highest BCUT2D eigenvalue weighted by molar-refractivity contribution is 7.90. The molecule has 0 bridgehead atoms. The van der Waals surface area contributed by atoms with Crippen LogP contribution in [0.15, 0.2) is 24.3 Å². The predicted octanol–water partition coefficient (Wildman–Crippen LogP) is 1.35. The molecule has 2 atom stereocenters. The summed E-state index contributed by atoms with van der Waals surface area (Å²) in [6.07, 6.45) is 3.71. The van der Waals surface area contributed by atoms with Crippen LogP contribution >= 0.6 is 0 Å². The molecule has 0 spiro atoms. The molecule has 2 aliphatic rings. The number of fused-ring (bicyclic) bond motifs is 1. The smallest absolute Gasteiger partial charge is 0.216 e. The van der Waals surface area contributed by atoms with Crippen LogP contribution < -0.4 is 10.0 Å². The normalized spacial score (nSPS) is 27.2. The molecule has 2 unspecified atom stereocenters. The summed E-state index contributed by atoms with van der Waals surface area (Å²) in [5.74, 6) is 0. The molecule has 5 heteroatoms. The first-order valence-corrected chi connectivity index (χ1v) is 8.51. The third kappa shape index (κ3) is 2.68. The van der Waals surface area contributed by atoms with Crippen molar-refractivity contribution in [3.05, 3.63) is 35.4 Å². The summed E-state index contributed by atoms with van der Waals surface area (Å²) < 4.78 is 27.6. The molecule has 104 valence electrons. The Kier molecular flexibility index (Phi) is 3.60. The van der Waals surface area contributed by atoms with Crippen molar-refractivity contribution in [1.82, 2.24) is 10.0 Å². The van der Waals surface area contributed by atoms with Crippen LogP contribution in [0.25, 0.3) is 0 Å². The second-order valence-corrected chi connectivity index (χ2v) is 7.41. The van der Waals surface area contributed by atoms with Gasteiger partial charge in [0.05, 0.1) is 5.25 Å². The van der Waals surface area contributed by atoms with Gasteiger partial charge in [-0.05, 0) is 43.4 Å². The van der Waals surface area contributed by atoms with Gasteiger partial charge in [-0.1, -0.05) is 24.3 Å². The van der Waals surface area contributed by atoms with Crippen molar-refractivity contribution < 1.29 is 8.42 Å². The molecule has 1 aliphatic heterocycles. The van der Waals surface area contributed by atoms with Crippen molar-refractivity contribution in [2.75, 3.05) is 13.1 Å². The van der Waals surface area contributed by atoms with E-state index in [-0.39, 0.29) is 11.3 Å². The molecule has 2 N–H and O–H groups in total. The molecule has 0 saturated carbocycles. The maximum Gasteiger partial charge on any atom is 0.216 e. The van der Waals surface area contributed by atoms with Crippen molar-refractivity contribution in [3.8, 4) is 0 Å². The minimum Gasteiger partial charge on any atom is -0.315 e. The molecule has 0 radical (unpaired) electrons. The van der Waals surface area contributed by atoms with E-state index in [0.29, 0.717) is 13.0 Å². The topological polar surface area (TPSA) is 58.2 Å². The van der Waals surface area contributed by atoms with E-state index in [2.05, 4.69) is 22.2 Å². The Bertz CT molecular complexity index is 550. The van der Waals surface area contributed by atoms with Crippen molar-refractivity contribution in [3.63, 3.8) is 0 Å². The van der Waals surface area contributed by atoms with Crippen molar-refractivity contribution in [1.29, 1.82) is 0 Å². The number of benzene rings is 1. The van der Waals surface area contributed by atoms with Crippen molar-refractivity contribution in [2.45, 2.75) is 37.0 Å². The van der Waals surface area contributed by atoms with Gasteiger partial charge in [0.25, 0.3) is 0 Å². The molecular formula is C14H20N2O2S. The highest BCUT2D eigenvalue weighted by Crippen LogP contribution is 2.30. The Morgan fingerprint density at radius 1 is 1.21 bits per heavy atom. The Morgan fingerprint density at radius 3 is 2.84 bits per heavy atom. The molecule has 3 rings (SSSR count). The molecule has 1 saturated heterocycles. The summed E-state index contributed by atoms with van der Waals surface area (Å²) in [5, 5.41) is 2.84. The summed E-state index contributed by atoms with van der Waals surface area (Å²) in [7, 11) is -3.21. The highest BCUT2D eigenvalue weighted by Gasteiger charge is 2.32. The summed E-state index contributed by atoms with van der Waals surface area (Å²) in [6.45, 7) is 1.37. The lowest BCUT2D eigenvalue weighted by molar-refractivity contribution is 0.501. The fourth-order valence-corrected chi connectivity index (χ4v) is 4.66. The van der Waals surface area contributed by atoms with E-state index >= 15 is 0 Å². The molecule has 1 aromatic carbocycles. The Hall–Kier alpha value is -0.910. The average molecular weight is 280 g/mol. The minimum atomic E-state index is -3.21. The predicted molar refractivity (Wildman–Crippen MR) is 75.5 cm³/mol. The fraction of sp³-hybridized carbons (Fsp3) is 0.571. The van der Waals surface area contributed by atoms with Gasteiger partial charge in [0.1, 0.15) is 0 Å². The van der Waals surface area contributed by atoms with Gasteiger partial charge in [-0.25, -0.2) is 13.1 Å². The minimum absolute atomic E-state index is 0.0458. The van der Waals surface area contributed by atoms with Crippen LogP contribution in [0.4, 0.5) is 0 Å². The molecule has 1 aromatic rings. The summed E-state index contributed by atoms with van der Waals surface area (Å²) in [5.41, 5.74) is 2.44. The van der Waals surface area contributed by atoms with E-state index in [4.69, 9.17) is 0 Å². The van der Waals surface area contributed by atoms with Crippen LogP contribution in [0, 0.1) is 0 Å². The van der Waals surface area contributed by atoms with Crippen LogP contribution in [0.2, 0.25) is 0 Å². The second-order valence-electron chi connectivity index (χ2n) is 5.42. The monoisotopic (exact) mass is 280 g/mol. The molecular weight excluding hydrogens is 260 g/mol. The van der Waals surface area contributed by atoms with E-state index in [1.165, 1.54) is 5.56 Å². The number of nitrogens with one attached hydrogen (secondary N) is 2. The third-order valence-corrected chi connectivity index (χ3v) is 6.02. The third-order valence-electron chi connectivity index (χ3n) is 4.13. The highest BCUT2D eigenvalue weighted by atomic mass is 32.2. The lowest BCUT2D eigenvalue weighted by Crippen LogP contribution is -2.39. The first-order chi connectivity index (χ1) is 9.17. The van der Waals surface area contributed by atoms with Gasteiger partial charge in [-0.2, -0.15) is 0 Å². The van der Waals surface area contributed by atoms with Gasteiger partial charge >= 0.3 is 0 Å². The van der Waals surface area contributed by atoms with Gasteiger partial charge in [0.2, 0.25) is 10.0 Å². The van der Waals surface area contributed by atoms with Gasteiger partial charge < -0.3 is 5.32 Å². The standard InChI is InChI=1S/C14H20N2O2S/c17-19(18,12-8-9-15-10-12)16-14-7-3-5-11-4-1-2-6-13(11)14/h1-2,4,6,12,14-16H,3,5,7-10H2. The fourth-order valence-electron chi connectivity index (χ4n) is 3.06. The van der Waals surface area contributed by atoms with Gasteiger partial charge in [0, 0.05) is 12.6 Å². The second kappa shape index (κ2) is 5.23. The first kappa shape index (κ1) is 13.1. The Morgan fingerprint density at radius 2 is 2.05 bits per heavy atom. The van der Waals surface area contributed by atoms with E-state index in [1.54, 1.807) is 0 Å². The molecule has 1 fully saturated rings. The van der Waals surface area contributed by atoms with Gasteiger partial charge in [0.15, 0.2) is 0 Å². The maximum atomic E-state index is 12.4.